The molecular weight excluding hydrogens is 155 g/mol. The maximum absolute atomic E-state index is 9.84. The van der Waals surface area contributed by atoms with Crippen molar-refractivity contribution >= 4 is 8.25 Å². The van der Waals surface area contributed by atoms with Gasteiger partial charge in [-0.05, 0) is 11.5 Å². The zero-order valence-corrected chi connectivity index (χ0v) is 6.97. The summed E-state index contributed by atoms with van der Waals surface area (Å²) in [5.74, 6) is 0. The van der Waals surface area contributed by atoms with Gasteiger partial charge in [-0.1, -0.05) is 0 Å². The van der Waals surface area contributed by atoms with Crippen LogP contribution in [0, 0.1) is 0 Å². The van der Waals surface area contributed by atoms with Crippen LogP contribution in [0.3, 0.4) is 0 Å². The van der Waals surface area contributed by atoms with Gasteiger partial charge in [-0.15, -0.1) is 4.52 Å². The summed E-state index contributed by atoms with van der Waals surface area (Å²) >= 11 is 0. The molecule has 0 aliphatic carbocycles. The predicted molar refractivity (Wildman–Crippen MR) is 34.6 cm³/mol. The van der Waals surface area contributed by atoms with Crippen molar-refractivity contribution in [2.75, 3.05) is 13.7 Å². The number of hydrogen-bond donors (Lipinski definition) is 0. The lowest BCUT2D eigenvalue weighted by atomic mass is 10.3. The number of methoxy groups -OCH3 is 1. The molecule has 0 radical (unpaired) electrons. The van der Waals surface area contributed by atoms with E-state index < -0.39 is 8.25 Å². The summed E-state index contributed by atoms with van der Waals surface area (Å²) < 4.78 is 19.0. The third kappa shape index (κ3) is 6.11. The highest BCUT2D eigenvalue weighted by molar-refractivity contribution is 7.30. The maximum Gasteiger partial charge on any atom is 0.488 e. The molecule has 0 N–H and O–H groups in total. The summed E-state index contributed by atoms with van der Waals surface area (Å²) in [4.78, 5) is 9.84. The molecule has 0 saturated carbocycles. The molecule has 0 aliphatic rings. The van der Waals surface area contributed by atoms with Gasteiger partial charge in [0.2, 0.25) is 0 Å². The highest BCUT2D eigenvalue weighted by Crippen LogP contribution is 2.09. The van der Waals surface area contributed by atoms with Gasteiger partial charge in [-0.2, -0.15) is 0 Å². The highest BCUT2D eigenvalue weighted by atomic mass is 31.1. The normalized spacial score (nSPS) is 14.9. The van der Waals surface area contributed by atoms with E-state index in [0.29, 0.717) is 6.42 Å². The van der Waals surface area contributed by atoms with E-state index in [1.165, 1.54) is 0 Å². The van der Waals surface area contributed by atoms with Crippen LogP contribution in [0.5, 0.6) is 0 Å². The van der Waals surface area contributed by atoms with Crippen LogP contribution >= 0.6 is 8.25 Å². The van der Waals surface area contributed by atoms with Crippen molar-refractivity contribution < 1.29 is 18.7 Å². The highest BCUT2D eigenvalue weighted by Gasteiger charge is 2.04. The minimum absolute atomic E-state index is 0.0509. The SMILES string of the molecule is COC(C)CCO[P+](=O)[O-]. The van der Waals surface area contributed by atoms with E-state index in [1.54, 1.807) is 7.11 Å². The van der Waals surface area contributed by atoms with Crippen molar-refractivity contribution in [1.29, 1.82) is 0 Å². The van der Waals surface area contributed by atoms with Crippen LogP contribution in [0.4, 0.5) is 0 Å². The summed E-state index contributed by atoms with van der Waals surface area (Å²) in [5.41, 5.74) is 0. The molecule has 4 nitrogen and oxygen atoms in total. The van der Waals surface area contributed by atoms with E-state index in [-0.39, 0.29) is 12.7 Å². The Hall–Kier alpha value is -0.0200. The first kappa shape index (κ1) is 9.98. The van der Waals surface area contributed by atoms with Gasteiger partial charge in [-0.25, -0.2) is 0 Å². The van der Waals surface area contributed by atoms with Crippen LogP contribution in [0.2, 0.25) is 0 Å². The van der Waals surface area contributed by atoms with Gasteiger partial charge < -0.3 is 9.63 Å². The van der Waals surface area contributed by atoms with Gasteiger partial charge >= 0.3 is 8.25 Å². The molecule has 0 rings (SSSR count). The van der Waals surface area contributed by atoms with Crippen molar-refractivity contribution in [1.82, 2.24) is 0 Å². The van der Waals surface area contributed by atoms with Gasteiger partial charge in [0.1, 0.15) is 6.61 Å². The van der Waals surface area contributed by atoms with E-state index >= 15 is 0 Å². The Kier molecular flexibility index (Phi) is 5.73. The number of ether oxygens (including phenoxy) is 1. The molecule has 2 unspecified atom stereocenters. The Labute approximate surface area is 61.1 Å². The fourth-order valence-electron chi connectivity index (χ4n) is 0.411. The monoisotopic (exact) mass is 166 g/mol. The first-order valence-electron chi connectivity index (χ1n) is 2.97. The molecular formula is C5H11O4P. The number of rotatable bonds is 5. The average Bonchev–Trinajstić information content (AvgIpc) is 1.87. The fraction of sp³-hybridized carbons (Fsp3) is 1.00. The molecule has 0 fully saturated rings. The van der Waals surface area contributed by atoms with Crippen LogP contribution in [0.15, 0.2) is 0 Å². The second-order valence-electron chi connectivity index (χ2n) is 1.89. The summed E-state index contributed by atoms with van der Waals surface area (Å²) in [7, 11) is -1.12. The molecule has 0 amide bonds. The van der Waals surface area contributed by atoms with Gasteiger partial charge in [0.05, 0.1) is 6.10 Å². The summed E-state index contributed by atoms with van der Waals surface area (Å²) in [6, 6.07) is 0. The standard InChI is InChI=1S/C5H11O4P/c1-5(8-2)3-4-9-10(6)7/h5H,3-4H2,1-2H3. The Bertz CT molecular complexity index is 106. The lowest BCUT2D eigenvalue weighted by Gasteiger charge is -2.04. The largest absolute Gasteiger partial charge is 0.566 e. The zero-order valence-electron chi connectivity index (χ0n) is 6.07. The van der Waals surface area contributed by atoms with Gasteiger partial charge in [0, 0.05) is 13.5 Å². The average molecular weight is 166 g/mol. The van der Waals surface area contributed by atoms with Crippen LogP contribution in [0.1, 0.15) is 13.3 Å². The van der Waals surface area contributed by atoms with E-state index in [9.17, 15) is 9.46 Å². The van der Waals surface area contributed by atoms with Crippen molar-refractivity contribution in [2.24, 2.45) is 0 Å². The Morgan fingerprint density at radius 1 is 1.70 bits per heavy atom. The fourth-order valence-corrected chi connectivity index (χ4v) is 0.666. The quantitative estimate of drug-likeness (QED) is 0.556. The smallest absolute Gasteiger partial charge is 0.488 e. The molecule has 10 heavy (non-hydrogen) atoms. The molecule has 5 heteroatoms. The van der Waals surface area contributed by atoms with Crippen molar-refractivity contribution in [2.45, 2.75) is 19.4 Å². The third-order valence-electron chi connectivity index (χ3n) is 1.12. The van der Waals surface area contributed by atoms with Crippen molar-refractivity contribution in [3.63, 3.8) is 0 Å². The van der Waals surface area contributed by atoms with Gasteiger partial charge in [-0.3, -0.25) is 0 Å². The van der Waals surface area contributed by atoms with E-state index in [2.05, 4.69) is 4.52 Å². The van der Waals surface area contributed by atoms with E-state index in [0.717, 1.165) is 0 Å². The Balaban J connectivity index is 3.11. The van der Waals surface area contributed by atoms with Gasteiger partial charge in [0.25, 0.3) is 0 Å². The Morgan fingerprint density at radius 3 is 2.70 bits per heavy atom. The molecule has 0 bridgehead atoms. The van der Waals surface area contributed by atoms with Crippen LogP contribution in [-0.2, 0) is 13.8 Å². The molecule has 0 saturated heterocycles. The van der Waals surface area contributed by atoms with Crippen LogP contribution in [0.25, 0.3) is 0 Å². The lowest BCUT2D eigenvalue weighted by Crippen LogP contribution is -2.08. The van der Waals surface area contributed by atoms with Crippen LogP contribution in [-0.4, -0.2) is 19.8 Å². The van der Waals surface area contributed by atoms with Crippen LogP contribution < -0.4 is 4.89 Å². The molecule has 0 aromatic rings. The van der Waals surface area contributed by atoms with Crippen molar-refractivity contribution in [3.05, 3.63) is 0 Å². The molecule has 2 atom stereocenters. The molecule has 0 aromatic carbocycles. The first-order chi connectivity index (χ1) is 4.66. The summed E-state index contributed by atoms with van der Waals surface area (Å²) in [5, 5.41) is 0. The van der Waals surface area contributed by atoms with Crippen molar-refractivity contribution in [3.8, 4) is 0 Å². The maximum atomic E-state index is 9.84. The lowest BCUT2D eigenvalue weighted by molar-refractivity contribution is -0.185. The molecule has 0 aliphatic heterocycles. The minimum Gasteiger partial charge on any atom is -0.566 e. The van der Waals surface area contributed by atoms with E-state index in [4.69, 9.17) is 4.74 Å². The second kappa shape index (κ2) is 5.74. The second-order valence-corrected chi connectivity index (χ2v) is 2.60. The van der Waals surface area contributed by atoms with Gasteiger partial charge in [0.15, 0.2) is 0 Å². The predicted octanol–water partition coefficient (Wildman–Crippen LogP) is 0.446. The molecule has 0 spiro atoms. The minimum atomic E-state index is -2.69. The van der Waals surface area contributed by atoms with E-state index in [1.807, 2.05) is 6.92 Å². The molecule has 0 aromatic heterocycles. The zero-order chi connectivity index (χ0) is 7.98. The number of hydrogen-bond acceptors (Lipinski definition) is 4. The molecule has 0 heterocycles. The Morgan fingerprint density at radius 2 is 2.30 bits per heavy atom. The summed E-state index contributed by atoms with van der Waals surface area (Å²) in [6.07, 6.45) is 0.648. The topological polar surface area (TPSA) is 58.6 Å². The third-order valence-corrected chi connectivity index (χ3v) is 1.52. The summed E-state index contributed by atoms with van der Waals surface area (Å²) in [6.45, 7) is 2.05. The molecule has 60 valence electrons. The first-order valence-corrected chi connectivity index (χ1v) is 4.06.